The molecule has 90 valence electrons. The summed E-state index contributed by atoms with van der Waals surface area (Å²) in [6.07, 6.45) is 0.309. The molecule has 0 fully saturated rings. The van der Waals surface area contributed by atoms with Crippen molar-refractivity contribution in [3.63, 3.8) is 0 Å². The third kappa shape index (κ3) is 9.86. The Labute approximate surface area is 91.4 Å². The van der Waals surface area contributed by atoms with Crippen LogP contribution in [0.1, 0.15) is 6.42 Å². The van der Waals surface area contributed by atoms with Gasteiger partial charge in [-0.15, -0.1) is 0 Å². The molecule has 0 aromatic rings. The molecule has 0 bridgehead atoms. The van der Waals surface area contributed by atoms with E-state index in [9.17, 15) is 18.0 Å². The Hall–Kier alpha value is -0.430. The van der Waals surface area contributed by atoms with Crippen LogP contribution in [0.5, 0.6) is 0 Å². The number of carbonyl (C=O) groups is 1. The van der Waals surface area contributed by atoms with E-state index in [0.29, 0.717) is 13.0 Å². The Morgan fingerprint density at radius 2 is 1.93 bits per heavy atom. The summed E-state index contributed by atoms with van der Waals surface area (Å²) < 4.78 is 35.0. The van der Waals surface area contributed by atoms with Gasteiger partial charge in [-0.25, -0.2) is 0 Å². The topological polar surface area (TPSA) is 32.3 Å². The van der Waals surface area contributed by atoms with Gasteiger partial charge in [0.25, 0.3) is 0 Å². The minimum Gasteiger partial charge on any atom is -0.349 e. The maximum absolute atomic E-state index is 11.7. The second-order valence-corrected chi connectivity index (χ2v) is 4.24. The van der Waals surface area contributed by atoms with E-state index in [4.69, 9.17) is 0 Å². The van der Waals surface area contributed by atoms with Crippen molar-refractivity contribution in [3.05, 3.63) is 0 Å². The standard InChI is InChI=1S/C8H15F3N2OS/c1-13(2)7(14)3-4-12-5-6-15-8(9,10)11/h12H,3-6H2,1-2H3. The number of hydrogen-bond acceptors (Lipinski definition) is 3. The predicted octanol–water partition coefficient (Wildman–Crippen LogP) is 1.31. The number of rotatable bonds is 6. The van der Waals surface area contributed by atoms with E-state index in [1.807, 2.05) is 0 Å². The number of thioether (sulfide) groups is 1. The highest BCUT2D eigenvalue weighted by atomic mass is 32.2. The quantitative estimate of drug-likeness (QED) is 0.715. The van der Waals surface area contributed by atoms with Gasteiger partial charge in [-0.2, -0.15) is 13.2 Å². The highest BCUT2D eigenvalue weighted by molar-refractivity contribution is 8.00. The number of nitrogens with zero attached hydrogens (tertiary/aromatic N) is 1. The molecule has 0 rings (SSSR count). The summed E-state index contributed by atoms with van der Waals surface area (Å²) in [4.78, 5) is 12.5. The van der Waals surface area contributed by atoms with Crippen LogP contribution in [-0.4, -0.2) is 49.3 Å². The number of amides is 1. The van der Waals surface area contributed by atoms with E-state index < -0.39 is 5.51 Å². The third-order valence-corrected chi connectivity index (χ3v) is 2.29. The van der Waals surface area contributed by atoms with E-state index in [1.165, 1.54) is 4.90 Å². The highest BCUT2D eigenvalue weighted by Crippen LogP contribution is 2.29. The summed E-state index contributed by atoms with van der Waals surface area (Å²) in [5.74, 6) is -0.0643. The van der Waals surface area contributed by atoms with Gasteiger partial charge < -0.3 is 10.2 Å². The molecule has 0 atom stereocenters. The summed E-state index contributed by atoms with van der Waals surface area (Å²) in [6, 6.07) is 0. The first kappa shape index (κ1) is 14.6. The van der Waals surface area contributed by atoms with Gasteiger partial charge in [0, 0.05) is 39.4 Å². The van der Waals surface area contributed by atoms with Crippen molar-refractivity contribution in [3.8, 4) is 0 Å². The largest absolute Gasteiger partial charge is 0.441 e. The van der Waals surface area contributed by atoms with E-state index in [1.54, 1.807) is 14.1 Å². The molecule has 3 nitrogen and oxygen atoms in total. The van der Waals surface area contributed by atoms with E-state index in [0.717, 1.165) is 0 Å². The summed E-state index contributed by atoms with van der Waals surface area (Å²) in [6.45, 7) is 0.667. The average Bonchev–Trinajstić information content (AvgIpc) is 2.08. The zero-order valence-corrected chi connectivity index (χ0v) is 9.54. The fourth-order valence-corrected chi connectivity index (χ4v) is 1.26. The molecule has 0 radical (unpaired) electrons. The molecular weight excluding hydrogens is 229 g/mol. The molecule has 1 amide bonds. The lowest BCUT2D eigenvalue weighted by atomic mass is 10.4. The Morgan fingerprint density at radius 3 is 2.40 bits per heavy atom. The third-order valence-electron chi connectivity index (χ3n) is 1.56. The van der Waals surface area contributed by atoms with Crippen LogP contribution in [0.4, 0.5) is 13.2 Å². The van der Waals surface area contributed by atoms with Crippen molar-refractivity contribution < 1.29 is 18.0 Å². The van der Waals surface area contributed by atoms with Crippen LogP contribution in [0.2, 0.25) is 0 Å². The number of carbonyl (C=O) groups excluding carboxylic acids is 1. The second kappa shape index (κ2) is 6.95. The van der Waals surface area contributed by atoms with Crippen molar-refractivity contribution in [2.45, 2.75) is 11.9 Å². The zero-order chi connectivity index (χ0) is 11.9. The minimum atomic E-state index is -4.17. The first-order valence-electron chi connectivity index (χ1n) is 4.44. The maximum atomic E-state index is 11.7. The maximum Gasteiger partial charge on any atom is 0.441 e. The molecular formula is C8H15F3N2OS. The lowest BCUT2D eigenvalue weighted by molar-refractivity contribution is -0.128. The lowest BCUT2D eigenvalue weighted by Gasteiger charge is -2.10. The molecule has 0 aromatic heterocycles. The average molecular weight is 244 g/mol. The van der Waals surface area contributed by atoms with Crippen LogP contribution < -0.4 is 5.32 Å². The number of hydrogen-bond donors (Lipinski definition) is 1. The van der Waals surface area contributed by atoms with E-state index in [-0.39, 0.29) is 30.0 Å². The molecule has 0 aliphatic heterocycles. The van der Waals surface area contributed by atoms with Crippen LogP contribution in [0.25, 0.3) is 0 Å². The molecule has 0 spiro atoms. The van der Waals surface area contributed by atoms with Gasteiger partial charge in [0.05, 0.1) is 0 Å². The molecule has 7 heteroatoms. The smallest absolute Gasteiger partial charge is 0.349 e. The molecule has 0 saturated heterocycles. The lowest BCUT2D eigenvalue weighted by Crippen LogP contribution is -2.27. The van der Waals surface area contributed by atoms with Gasteiger partial charge in [0.1, 0.15) is 0 Å². The monoisotopic (exact) mass is 244 g/mol. The van der Waals surface area contributed by atoms with E-state index in [2.05, 4.69) is 5.32 Å². The summed E-state index contributed by atoms with van der Waals surface area (Å²) in [5, 5.41) is 2.78. The Bertz CT molecular complexity index is 197. The van der Waals surface area contributed by atoms with Crippen molar-refractivity contribution in [1.29, 1.82) is 0 Å². The Morgan fingerprint density at radius 1 is 1.33 bits per heavy atom. The van der Waals surface area contributed by atoms with Crippen molar-refractivity contribution in [2.75, 3.05) is 32.9 Å². The normalized spacial score (nSPS) is 11.5. The number of halogens is 3. The Balaban J connectivity index is 3.30. The van der Waals surface area contributed by atoms with Crippen molar-refractivity contribution in [2.24, 2.45) is 0 Å². The molecule has 0 aliphatic carbocycles. The second-order valence-electron chi connectivity index (χ2n) is 3.08. The van der Waals surface area contributed by atoms with Gasteiger partial charge >= 0.3 is 5.51 Å². The van der Waals surface area contributed by atoms with Crippen LogP contribution in [0, 0.1) is 0 Å². The molecule has 0 aromatic carbocycles. The Kier molecular flexibility index (Phi) is 6.75. The van der Waals surface area contributed by atoms with Crippen LogP contribution in [-0.2, 0) is 4.79 Å². The molecule has 1 N–H and O–H groups in total. The van der Waals surface area contributed by atoms with Crippen LogP contribution in [0.3, 0.4) is 0 Å². The fourth-order valence-electron chi connectivity index (χ4n) is 0.783. The molecule has 15 heavy (non-hydrogen) atoms. The summed E-state index contributed by atoms with van der Waals surface area (Å²) in [5.41, 5.74) is -4.17. The summed E-state index contributed by atoms with van der Waals surface area (Å²) >= 11 is -0.0591. The van der Waals surface area contributed by atoms with Crippen molar-refractivity contribution >= 4 is 17.7 Å². The predicted molar refractivity (Wildman–Crippen MR) is 54.7 cm³/mol. The van der Waals surface area contributed by atoms with Crippen LogP contribution in [0.15, 0.2) is 0 Å². The van der Waals surface area contributed by atoms with E-state index >= 15 is 0 Å². The van der Waals surface area contributed by atoms with Gasteiger partial charge in [-0.3, -0.25) is 4.79 Å². The SMILES string of the molecule is CN(C)C(=O)CCNCCSC(F)(F)F. The van der Waals surface area contributed by atoms with Crippen LogP contribution >= 0.6 is 11.8 Å². The number of nitrogens with one attached hydrogen (secondary N) is 1. The van der Waals surface area contributed by atoms with Gasteiger partial charge in [-0.05, 0) is 11.8 Å². The molecule has 0 aliphatic rings. The molecule has 0 saturated carbocycles. The molecule has 0 heterocycles. The highest BCUT2D eigenvalue weighted by Gasteiger charge is 2.27. The van der Waals surface area contributed by atoms with Gasteiger partial charge in [0.2, 0.25) is 5.91 Å². The van der Waals surface area contributed by atoms with Gasteiger partial charge in [0.15, 0.2) is 0 Å². The minimum absolute atomic E-state index is 0.0281. The molecule has 0 unspecified atom stereocenters. The zero-order valence-electron chi connectivity index (χ0n) is 8.73. The van der Waals surface area contributed by atoms with Crippen molar-refractivity contribution in [1.82, 2.24) is 10.2 Å². The fraction of sp³-hybridized carbons (Fsp3) is 0.875. The van der Waals surface area contributed by atoms with Gasteiger partial charge in [-0.1, -0.05) is 0 Å². The number of alkyl halides is 3. The summed E-state index contributed by atoms with van der Waals surface area (Å²) in [7, 11) is 3.28. The first-order valence-corrected chi connectivity index (χ1v) is 5.43. The first-order chi connectivity index (χ1) is 6.83.